The number of hydrogen-bond donors (Lipinski definition) is 4. The zero-order chi connectivity index (χ0) is 19.1. The van der Waals surface area contributed by atoms with Crippen molar-refractivity contribution in [3.63, 3.8) is 0 Å². The van der Waals surface area contributed by atoms with Crippen molar-refractivity contribution in [2.45, 2.75) is 13.5 Å². The number of nitrogens with one attached hydrogen (secondary N) is 4. The van der Waals surface area contributed by atoms with Crippen molar-refractivity contribution >= 4 is 40.5 Å². The molecule has 0 spiro atoms. The molecule has 138 valence electrons. The van der Waals surface area contributed by atoms with Crippen molar-refractivity contribution in [3.8, 4) is 0 Å². The molecule has 0 radical (unpaired) electrons. The van der Waals surface area contributed by atoms with Crippen LogP contribution in [0.3, 0.4) is 0 Å². The van der Waals surface area contributed by atoms with Gasteiger partial charge in [0, 0.05) is 13.6 Å². The first-order valence-electron chi connectivity index (χ1n) is 7.83. The van der Waals surface area contributed by atoms with Gasteiger partial charge in [0.15, 0.2) is 0 Å². The van der Waals surface area contributed by atoms with Gasteiger partial charge in [-0.25, -0.2) is 4.98 Å². The van der Waals surface area contributed by atoms with Crippen LogP contribution in [0, 0.1) is 5.41 Å². The largest absolute Gasteiger partial charge is 0.501 e. The van der Waals surface area contributed by atoms with Gasteiger partial charge in [-0.05, 0) is 30.7 Å². The standard InChI is InChI=1S/C17H19Cl2N5O2/c1-3-26-7-6-13(20)14-15(21-2)16(25)24-17(23-14)22-9-10-4-5-11(18)12(19)8-10/h4-8,20-21H,3,9H2,1-2H3,(H2,22,23,24,25)/b7-6+,20-13?. The van der Waals surface area contributed by atoms with Crippen molar-refractivity contribution in [2.24, 2.45) is 0 Å². The minimum absolute atomic E-state index is 0.0477. The molecule has 0 fully saturated rings. The zero-order valence-electron chi connectivity index (χ0n) is 14.3. The summed E-state index contributed by atoms with van der Waals surface area (Å²) in [6.07, 6.45) is 2.84. The molecule has 0 aliphatic heterocycles. The Morgan fingerprint density at radius 1 is 1.38 bits per heavy atom. The lowest BCUT2D eigenvalue weighted by molar-refractivity contribution is 0.269. The van der Waals surface area contributed by atoms with Gasteiger partial charge in [0.1, 0.15) is 11.4 Å². The third kappa shape index (κ3) is 5.00. The lowest BCUT2D eigenvalue weighted by Crippen LogP contribution is -2.21. The maximum Gasteiger partial charge on any atom is 0.276 e. The summed E-state index contributed by atoms with van der Waals surface area (Å²) < 4.78 is 5.09. The number of hydrogen-bond acceptors (Lipinski definition) is 6. The van der Waals surface area contributed by atoms with Crippen LogP contribution in [0.5, 0.6) is 0 Å². The summed E-state index contributed by atoms with van der Waals surface area (Å²) in [5.74, 6) is 0.240. The molecule has 0 aliphatic carbocycles. The summed E-state index contributed by atoms with van der Waals surface area (Å²) in [6.45, 7) is 2.70. The first kappa shape index (κ1) is 19.8. The summed E-state index contributed by atoms with van der Waals surface area (Å²) in [6, 6.07) is 5.24. The highest BCUT2D eigenvalue weighted by Gasteiger charge is 2.13. The van der Waals surface area contributed by atoms with Gasteiger partial charge in [0.2, 0.25) is 5.95 Å². The molecule has 0 aliphatic rings. The molecule has 0 saturated carbocycles. The number of ether oxygens (including phenoxy) is 1. The molecule has 1 aromatic carbocycles. The Hall–Kier alpha value is -2.51. The van der Waals surface area contributed by atoms with E-state index in [-0.39, 0.29) is 28.6 Å². The van der Waals surface area contributed by atoms with Gasteiger partial charge in [0.05, 0.1) is 28.6 Å². The molecule has 26 heavy (non-hydrogen) atoms. The SMILES string of the molecule is CCO/C=C/C(=N)c1nc(NCc2ccc(Cl)c(Cl)c2)[nH]c(=O)c1NC. The first-order valence-corrected chi connectivity index (χ1v) is 8.58. The molecule has 0 atom stereocenters. The van der Waals surface area contributed by atoms with Gasteiger partial charge < -0.3 is 15.4 Å². The summed E-state index contributed by atoms with van der Waals surface area (Å²) in [5, 5.41) is 14.8. The van der Waals surface area contributed by atoms with Crippen LogP contribution in [0.1, 0.15) is 18.2 Å². The average molecular weight is 396 g/mol. The topological polar surface area (TPSA) is 103 Å². The molecule has 0 saturated heterocycles. The van der Waals surface area contributed by atoms with E-state index in [0.717, 1.165) is 5.56 Å². The Balaban J connectivity index is 2.25. The number of aromatic amines is 1. The molecule has 2 rings (SSSR count). The van der Waals surface area contributed by atoms with E-state index in [1.54, 1.807) is 19.2 Å². The lowest BCUT2D eigenvalue weighted by atomic mass is 10.2. The Morgan fingerprint density at radius 3 is 2.81 bits per heavy atom. The summed E-state index contributed by atoms with van der Waals surface area (Å²) >= 11 is 11.9. The van der Waals surface area contributed by atoms with E-state index in [9.17, 15) is 4.79 Å². The number of rotatable bonds is 8. The van der Waals surface area contributed by atoms with E-state index in [4.69, 9.17) is 33.3 Å². The van der Waals surface area contributed by atoms with Crippen LogP contribution in [0.25, 0.3) is 0 Å². The predicted molar refractivity (Wildman–Crippen MR) is 106 cm³/mol. The van der Waals surface area contributed by atoms with Gasteiger partial charge in [-0.3, -0.25) is 15.2 Å². The van der Waals surface area contributed by atoms with Crippen LogP contribution in [0.15, 0.2) is 35.3 Å². The number of benzene rings is 1. The lowest BCUT2D eigenvalue weighted by Gasteiger charge is -2.11. The summed E-state index contributed by atoms with van der Waals surface area (Å²) in [4.78, 5) is 19.2. The quantitative estimate of drug-likeness (QED) is 0.403. The third-order valence-corrected chi connectivity index (χ3v) is 4.11. The molecule has 1 heterocycles. The van der Waals surface area contributed by atoms with Crippen LogP contribution in [-0.4, -0.2) is 29.3 Å². The van der Waals surface area contributed by atoms with Crippen LogP contribution >= 0.6 is 23.2 Å². The first-order chi connectivity index (χ1) is 12.5. The number of nitrogens with zero attached hydrogens (tertiary/aromatic N) is 1. The van der Waals surface area contributed by atoms with E-state index < -0.39 is 0 Å². The van der Waals surface area contributed by atoms with Crippen molar-refractivity contribution in [2.75, 3.05) is 24.3 Å². The fourth-order valence-corrected chi connectivity index (χ4v) is 2.43. The number of anilines is 2. The van der Waals surface area contributed by atoms with Crippen molar-refractivity contribution in [3.05, 3.63) is 62.2 Å². The van der Waals surface area contributed by atoms with E-state index >= 15 is 0 Å². The minimum Gasteiger partial charge on any atom is -0.501 e. The normalized spacial score (nSPS) is 10.8. The number of halogens is 2. The van der Waals surface area contributed by atoms with Gasteiger partial charge >= 0.3 is 0 Å². The van der Waals surface area contributed by atoms with Crippen LogP contribution in [0.2, 0.25) is 10.0 Å². The molecule has 9 heteroatoms. The highest BCUT2D eigenvalue weighted by atomic mass is 35.5. The number of aromatic nitrogens is 2. The van der Waals surface area contributed by atoms with E-state index in [1.807, 2.05) is 13.0 Å². The van der Waals surface area contributed by atoms with E-state index in [0.29, 0.717) is 23.2 Å². The molecule has 4 N–H and O–H groups in total. The molecular formula is C17H19Cl2N5O2. The summed E-state index contributed by atoms with van der Waals surface area (Å²) in [5.41, 5.74) is 0.947. The second kappa shape index (κ2) is 9.26. The van der Waals surface area contributed by atoms with Crippen molar-refractivity contribution < 1.29 is 4.74 Å². The fourth-order valence-electron chi connectivity index (χ4n) is 2.11. The van der Waals surface area contributed by atoms with E-state index in [1.165, 1.54) is 12.3 Å². The maximum atomic E-state index is 12.2. The van der Waals surface area contributed by atoms with Crippen molar-refractivity contribution in [1.82, 2.24) is 9.97 Å². The Morgan fingerprint density at radius 2 is 2.15 bits per heavy atom. The average Bonchev–Trinajstić information content (AvgIpc) is 2.62. The smallest absolute Gasteiger partial charge is 0.276 e. The third-order valence-electron chi connectivity index (χ3n) is 3.37. The van der Waals surface area contributed by atoms with Gasteiger partial charge in [-0.1, -0.05) is 29.3 Å². The highest BCUT2D eigenvalue weighted by molar-refractivity contribution is 6.42. The van der Waals surface area contributed by atoms with Crippen molar-refractivity contribution in [1.29, 1.82) is 5.41 Å². The van der Waals surface area contributed by atoms with Gasteiger partial charge in [0.25, 0.3) is 5.56 Å². The Bertz CT molecular complexity index is 880. The Kier molecular flexibility index (Phi) is 7.06. The highest BCUT2D eigenvalue weighted by Crippen LogP contribution is 2.23. The van der Waals surface area contributed by atoms with Crippen LogP contribution < -0.4 is 16.2 Å². The van der Waals surface area contributed by atoms with Crippen LogP contribution in [0.4, 0.5) is 11.6 Å². The molecule has 1 aromatic heterocycles. The van der Waals surface area contributed by atoms with Crippen LogP contribution in [-0.2, 0) is 11.3 Å². The summed E-state index contributed by atoms with van der Waals surface area (Å²) in [7, 11) is 1.60. The second-order valence-electron chi connectivity index (χ2n) is 5.16. The molecule has 0 bridgehead atoms. The molecule has 7 nitrogen and oxygen atoms in total. The van der Waals surface area contributed by atoms with E-state index in [2.05, 4.69) is 20.6 Å². The molecule has 2 aromatic rings. The monoisotopic (exact) mass is 395 g/mol. The molecule has 0 amide bonds. The maximum absolute atomic E-state index is 12.2. The number of allylic oxidation sites excluding steroid dienone is 1. The minimum atomic E-state index is -0.385. The molecular weight excluding hydrogens is 377 g/mol. The molecule has 0 unspecified atom stereocenters. The zero-order valence-corrected chi connectivity index (χ0v) is 15.8. The Labute approximate surface area is 160 Å². The van der Waals surface area contributed by atoms with Gasteiger partial charge in [-0.15, -0.1) is 0 Å². The predicted octanol–water partition coefficient (Wildman–Crippen LogP) is 3.65. The number of H-pyrrole nitrogens is 1. The van der Waals surface area contributed by atoms with Gasteiger partial charge in [-0.2, -0.15) is 0 Å². The second-order valence-corrected chi connectivity index (χ2v) is 5.98. The fraction of sp³-hybridized carbons (Fsp3) is 0.235.